The minimum absolute atomic E-state index is 0.176. The van der Waals surface area contributed by atoms with Gasteiger partial charge in [-0.15, -0.1) is 11.3 Å². The van der Waals surface area contributed by atoms with E-state index in [1.54, 1.807) is 11.3 Å². The molecule has 1 N–H and O–H groups in total. The average molecular weight is 270 g/mol. The Balaban J connectivity index is 2.76. The average Bonchev–Trinajstić information content (AvgIpc) is 2.67. The molecule has 102 valence electrons. The molecule has 18 heavy (non-hydrogen) atoms. The molecule has 1 aromatic rings. The van der Waals surface area contributed by atoms with Gasteiger partial charge in [-0.2, -0.15) is 0 Å². The van der Waals surface area contributed by atoms with Crippen LogP contribution >= 0.6 is 11.3 Å². The fourth-order valence-electron chi connectivity index (χ4n) is 1.73. The van der Waals surface area contributed by atoms with Crippen LogP contribution in [0, 0.1) is 6.92 Å². The van der Waals surface area contributed by atoms with Gasteiger partial charge in [-0.1, -0.05) is 13.8 Å². The summed E-state index contributed by atoms with van der Waals surface area (Å²) >= 11 is 1.74. The lowest BCUT2D eigenvalue weighted by Gasteiger charge is -2.23. The molecule has 1 atom stereocenters. The predicted molar refractivity (Wildman–Crippen MR) is 74.2 cm³/mol. The van der Waals surface area contributed by atoms with Gasteiger partial charge in [0, 0.05) is 23.4 Å². The second-order valence-electron chi connectivity index (χ2n) is 4.96. The zero-order valence-corrected chi connectivity index (χ0v) is 12.5. The lowest BCUT2D eigenvalue weighted by molar-refractivity contribution is -0.137. The smallest absolute Gasteiger partial charge is 0.304 e. The van der Waals surface area contributed by atoms with Gasteiger partial charge in [0.1, 0.15) is 0 Å². The quantitative estimate of drug-likeness (QED) is 0.863. The third kappa shape index (κ3) is 3.78. The summed E-state index contributed by atoms with van der Waals surface area (Å²) in [5, 5.41) is 9.86. The zero-order chi connectivity index (χ0) is 13.9. The van der Waals surface area contributed by atoms with Crippen molar-refractivity contribution in [3.63, 3.8) is 0 Å². The van der Waals surface area contributed by atoms with E-state index in [9.17, 15) is 4.79 Å². The van der Waals surface area contributed by atoms with Crippen LogP contribution in [-0.4, -0.2) is 34.6 Å². The molecule has 5 heteroatoms. The fraction of sp³-hybridized carbons (Fsp3) is 0.692. The van der Waals surface area contributed by atoms with E-state index in [1.165, 1.54) is 4.88 Å². The highest BCUT2D eigenvalue weighted by molar-refractivity contribution is 7.11. The van der Waals surface area contributed by atoms with Crippen molar-refractivity contribution in [2.24, 2.45) is 0 Å². The molecule has 0 fully saturated rings. The minimum atomic E-state index is -0.752. The summed E-state index contributed by atoms with van der Waals surface area (Å²) in [5.41, 5.74) is 1.07. The van der Waals surface area contributed by atoms with Gasteiger partial charge >= 0.3 is 5.97 Å². The van der Waals surface area contributed by atoms with Gasteiger partial charge in [-0.3, -0.25) is 9.69 Å². The Labute approximate surface area is 113 Å². The van der Waals surface area contributed by atoms with E-state index in [0.717, 1.165) is 10.7 Å². The first-order valence-electron chi connectivity index (χ1n) is 6.22. The number of hydrogen-bond acceptors (Lipinski definition) is 4. The van der Waals surface area contributed by atoms with Crippen molar-refractivity contribution in [2.45, 2.75) is 46.1 Å². The normalized spacial score (nSPS) is 13.3. The van der Waals surface area contributed by atoms with E-state index in [4.69, 9.17) is 5.11 Å². The van der Waals surface area contributed by atoms with Crippen LogP contribution in [0.25, 0.3) is 0 Å². The maximum Gasteiger partial charge on any atom is 0.304 e. The molecule has 0 bridgehead atoms. The van der Waals surface area contributed by atoms with Crippen LogP contribution in [-0.2, 0) is 4.79 Å². The summed E-state index contributed by atoms with van der Waals surface area (Å²) in [5.74, 6) is -0.308. The van der Waals surface area contributed by atoms with Crippen LogP contribution in [0.2, 0.25) is 0 Å². The molecule has 0 saturated carbocycles. The number of aliphatic carboxylic acids is 1. The Bertz CT molecular complexity index is 415. The molecule has 1 rings (SSSR count). The number of hydrogen-bond donors (Lipinski definition) is 1. The highest BCUT2D eigenvalue weighted by atomic mass is 32.1. The number of carboxylic acid groups (broad SMARTS) is 1. The van der Waals surface area contributed by atoms with Crippen LogP contribution in [0.1, 0.15) is 54.7 Å². The Hall–Kier alpha value is -0.940. The SMILES string of the molecule is Cc1nc(C(C)C)sc1C(C)N(C)CCC(=O)O. The first kappa shape index (κ1) is 15.1. The number of carbonyl (C=O) groups is 1. The Morgan fingerprint density at radius 3 is 2.50 bits per heavy atom. The predicted octanol–water partition coefficient (Wildman–Crippen LogP) is 3.04. The minimum Gasteiger partial charge on any atom is -0.481 e. The van der Waals surface area contributed by atoms with E-state index in [-0.39, 0.29) is 12.5 Å². The molecule has 0 aliphatic rings. The van der Waals surface area contributed by atoms with Gasteiger partial charge in [-0.25, -0.2) is 4.98 Å². The van der Waals surface area contributed by atoms with Crippen molar-refractivity contribution in [2.75, 3.05) is 13.6 Å². The first-order chi connectivity index (χ1) is 8.32. The molecule has 0 aliphatic carbocycles. The molecule has 1 aromatic heterocycles. The number of nitrogens with zero attached hydrogens (tertiary/aromatic N) is 2. The van der Waals surface area contributed by atoms with Crippen molar-refractivity contribution in [1.82, 2.24) is 9.88 Å². The van der Waals surface area contributed by atoms with Crippen molar-refractivity contribution < 1.29 is 9.90 Å². The molecule has 1 heterocycles. The topological polar surface area (TPSA) is 53.4 Å². The summed E-state index contributed by atoms with van der Waals surface area (Å²) in [6.45, 7) is 8.97. The second-order valence-corrected chi connectivity index (χ2v) is 6.02. The van der Waals surface area contributed by atoms with E-state index in [0.29, 0.717) is 12.5 Å². The van der Waals surface area contributed by atoms with Crippen molar-refractivity contribution in [3.05, 3.63) is 15.6 Å². The molecular formula is C13H22N2O2S. The Morgan fingerprint density at radius 2 is 2.06 bits per heavy atom. The summed E-state index contributed by atoms with van der Waals surface area (Å²) < 4.78 is 0. The molecule has 0 radical (unpaired) electrons. The van der Waals surface area contributed by atoms with Gasteiger partial charge in [0.15, 0.2) is 0 Å². The van der Waals surface area contributed by atoms with Gasteiger partial charge in [0.25, 0.3) is 0 Å². The molecule has 1 unspecified atom stereocenters. The summed E-state index contributed by atoms with van der Waals surface area (Å²) in [6.07, 6.45) is 0.176. The zero-order valence-electron chi connectivity index (χ0n) is 11.7. The molecular weight excluding hydrogens is 248 g/mol. The second kappa shape index (κ2) is 6.29. The maximum absolute atomic E-state index is 10.6. The molecule has 0 amide bonds. The first-order valence-corrected chi connectivity index (χ1v) is 7.03. The van der Waals surface area contributed by atoms with Gasteiger partial charge in [0.05, 0.1) is 17.1 Å². The fourth-order valence-corrected chi connectivity index (χ4v) is 2.92. The summed E-state index contributed by atoms with van der Waals surface area (Å²) in [6, 6.07) is 0.217. The number of aryl methyl sites for hydroxylation is 1. The van der Waals surface area contributed by atoms with E-state index < -0.39 is 5.97 Å². The number of thiazole rings is 1. The van der Waals surface area contributed by atoms with Gasteiger partial charge in [-0.05, 0) is 20.9 Å². The van der Waals surface area contributed by atoms with Crippen molar-refractivity contribution in [3.8, 4) is 0 Å². The highest BCUT2D eigenvalue weighted by Gasteiger charge is 2.19. The van der Waals surface area contributed by atoms with Crippen LogP contribution in [0.3, 0.4) is 0 Å². The molecule has 0 saturated heterocycles. The molecule has 0 aliphatic heterocycles. The van der Waals surface area contributed by atoms with E-state index in [2.05, 4.69) is 30.7 Å². The highest BCUT2D eigenvalue weighted by Crippen LogP contribution is 2.31. The lowest BCUT2D eigenvalue weighted by Crippen LogP contribution is -2.25. The summed E-state index contributed by atoms with van der Waals surface area (Å²) in [4.78, 5) is 18.5. The largest absolute Gasteiger partial charge is 0.481 e. The van der Waals surface area contributed by atoms with Gasteiger partial charge in [0.2, 0.25) is 0 Å². The lowest BCUT2D eigenvalue weighted by atomic mass is 10.2. The Morgan fingerprint density at radius 1 is 1.44 bits per heavy atom. The molecule has 4 nitrogen and oxygen atoms in total. The Kier molecular flexibility index (Phi) is 5.28. The number of rotatable bonds is 6. The third-order valence-corrected chi connectivity index (χ3v) is 4.69. The maximum atomic E-state index is 10.6. The number of carboxylic acids is 1. The van der Waals surface area contributed by atoms with Crippen LogP contribution < -0.4 is 0 Å². The molecule has 0 aromatic carbocycles. The monoisotopic (exact) mass is 270 g/mol. The van der Waals surface area contributed by atoms with Crippen LogP contribution in [0.15, 0.2) is 0 Å². The third-order valence-electron chi connectivity index (χ3n) is 3.06. The van der Waals surface area contributed by atoms with Crippen molar-refractivity contribution in [1.29, 1.82) is 0 Å². The molecule has 0 spiro atoms. The van der Waals surface area contributed by atoms with E-state index in [1.807, 2.05) is 14.0 Å². The van der Waals surface area contributed by atoms with Crippen LogP contribution in [0.5, 0.6) is 0 Å². The summed E-state index contributed by atoms with van der Waals surface area (Å²) in [7, 11) is 1.96. The van der Waals surface area contributed by atoms with Gasteiger partial charge < -0.3 is 5.11 Å². The van der Waals surface area contributed by atoms with Crippen LogP contribution in [0.4, 0.5) is 0 Å². The van der Waals surface area contributed by atoms with E-state index >= 15 is 0 Å². The van der Waals surface area contributed by atoms with Crippen molar-refractivity contribution >= 4 is 17.3 Å². The standard InChI is InChI=1S/C13H22N2O2S/c1-8(2)13-14-9(3)12(18-13)10(4)15(5)7-6-11(16)17/h8,10H,6-7H2,1-5H3,(H,16,17). The number of aromatic nitrogens is 1.